The molecule has 1 heterocycles. The van der Waals surface area contributed by atoms with Gasteiger partial charge in [0.1, 0.15) is 0 Å². The fourth-order valence-corrected chi connectivity index (χ4v) is 3.80. The third kappa shape index (κ3) is 3.45. The molecule has 2 fully saturated rings. The normalized spacial score (nSPS) is 39.0. The van der Waals surface area contributed by atoms with Gasteiger partial charge in [-0.25, -0.2) is 0 Å². The van der Waals surface area contributed by atoms with Crippen LogP contribution in [0.5, 0.6) is 0 Å². The Morgan fingerprint density at radius 2 is 2.06 bits per heavy atom. The minimum absolute atomic E-state index is 0.804. The van der Waals surface area contributed by atoms with Crippen LogP contribution in [0.3, 0.4) is 0 Å². The summed E-state index contributed by atoms with van der Waals surface area (Å²) >= 11 is 0. The van der Waals surface area contributed by atoms with Gasteiger partial charge in [0.25, 0.3) is 0 Å². The second-order valence-corrected chi connectivity index (χ2v) is 6.40. The summed E-state index contributed by atoms with van der Waals surface area (Å²) < 4.78 is 0. The summed E-state index contributed by atoms with van der Waals surface area (Å²) in [5, 5.41) is 3.75. The van der Waals surface area contributed by atoms with Crippen LogP contribution in [0.1, 0.15) is 52.9 Å². The molecule has 0 radical (unpaired) electrons. The first kappa shape index (κ1) is 13.4. The molecule has 100 valence electrons. The smallest absolute Gasteiger partial charge is 0.0107 e. The highest BCUT2D eigenvalue weighted by Crippen LogP contribution is 2.30. The lowest BCUT2D eigenvalue weighted by Crippen LogP contribution is -2.40. The molecule has 0 bridgehead atoms. The molecule has 1 aliphatic heterocycles. The van der Waals surface area contributed by atoms with Gasteiger partial charge in [0.2, 0.25) is 0 Å². The molecular weight excluding hydrogens is 208 g/mol. The Balaban J connectivity index is 1.81. The number of hydrogen-bond donors (Lipinski definition) is 1. The highest BCUT2D eigenvalue weighted by molar-refractivity contribution is 4.89. The van der Waals surface area contributed by atoms with Gasteiger partial charge in [-0.3, -0.25) is 0 Å². The van der Waals surface area contributed by atoms with Gasteiger partial charge in [-0.1, -0.05) is 20.3 Å². The average Bonchev–Trinajstić information content (AvgIpc) is 2.84. The highest BCUT2D eigenvalue weighted by atomic mass is 15.2. The lowest BCUT2D eigenvalue weighted by atomic mass is 10.0. The minimum Gasteiger partial charge on any atom is -0.314 e. The molecule has 1 aliphatic carbocycles. The van der Waals surface area contributed by atoms with Crippen molar-refractivity contribution in [3.63, 3.8) is 0 Å². The average molecular weight is 238 g/mol. The van der Waals surface area contributed by atoms with Crippen molar-refractivity contribution in [1.82, 2.24) is 10.2 Å². The molecule has 0 aromatic rings. The summed E-state index contributed by atoms with van der Waals surface area (Å²) in [6.45, 7) is 10.9. The Bertz CT molecular complexity index is 229. The largest absolute Gasteiger partial charge is 0.314 e. The fraction of sp³-hybridized carbons (Fsp3) is 1.00. The van der Waals surface area contributed by atoms with Gasteiger partial charge in [0, 0.05) is 25.2 Å². The minimum atomic E-state index is 0.804. The molecule has 4 atom stereocenters. The van der Waals surface area contributed by atoms with Gasteiger partial charge in [0.15, 0.2) is 0 Å². The van der Waals surface area contributed by atoms with Crippen LogP contribution in [0.15, 0.2) is 0 Å². The second kappa shape index (κ2) is 6.19. The van der Waals surface area contributed by atoms with E-state index in [2.05, 4.69) is 31.0 Å². The number of hydrogen-bond acceptors (Lipinski definition) is 2. The summed E-state index contributed by atoms with van der Waals surface area (Å²) in [6.07, 6.45) is 6.95. The molecule has 1 saturated heterocycles. The first-order valence-electron chi connectivity index (χ1n) is 7.68. The molecule has 1 saturated carbocycles. The quantitative estimate of drug-likeness (QED) is 0.792. The Labute approximate surface area is 107 Å². The molecule has 2 nitrogen and oxygen atoms in total. The first-order valence-corrected chi connectivity index (χ1v) is 7.68. The topological polar surface area (TPSA) is 15.3 Å². The van der Waals surface area contributed by atoms with E-state index >= 15 is 0 Å². The van der Waals surface area contributed by atoms with E-state index in [1.165, 1.54) is 51.7 Å². The monoisotopic (exact) mass is 238 g/mol. The van der Waals surface area contributed by atoms with Gasteiger partial charge >= 0.3 is 0 Å². The van der Waals surface area contributed by atoms with Crippen molar-refractivity contribution in [3.05, 3.63) is 0 Å². The predicted octanol–water partition coefficient (Wildman–Crippen LogP) is 2.89. The number of likely N-dealkylation sites (tertiary alicyclic amines) is 1. The van der Waals surface area contributed by atoms with Crippen LogP contribution in [0.25, 0.3) is 0 Å². The van der Waals surface area contributed by atoms with Gasteiger partial charge in [-0.15, -0.1) is 0 Å². The lowest BCUT2D eigenvalue weighted by Gasteiger charge is -2.28. The first-order chi connectivity index (χ1) is 8.20. The molecule has 1 N–H and O–H groups in total. The molecule has 0 aromatic heterocycles. The molecule has 2 aliphatic rings. The molecule has 0 aromatic carbocycles. The third-order valence-corrected chi connectivity index (χ3v) is 4.70. The van der Waals surface area contributed by atoms with E-state index in [0.717, 1.165) is 23.9 Å². The van der Waals surface area contributed by atoms with E-state index < -0.39 is 0 Å². The van der Waals surface area contributed by atoms with Crippen molar-refractivity contribution in [2.24, 2.45) is 11.8 Å². The van der Waals surface area contributed by atoms with Gasteiger partial charge in [-0.05, 0) is 51.0 Å². The number of rotatable bonds is 5. The zero-order chi connectivity index (χ0) is 12.3. The van der Waals surface area contributed by atoms with E-state index in [4.69, 9.17) is 0 Å². The summed E-state index contributed by atoms with van der Waals surface area (Å²) in [6, 6.07) is 1.62. The summed E-state index contributed by atoms with van der Waals surface area (Å²) in [5.41, 5.74) is 0. The van der Waals surface area contributed by atoms with Crippen molar-refractivity contribution in [1.29, 1.82) is 0 Å². The van der Waals surface area contributed by atoms with E-state index in [1.54, 1.807) is 0 Å². The van der Waals surface area contributed by atoms with Crippen LogP contribution >= 0.6 is 0 Å². The molecule has 0 spiro atoms. The van der Waals surface area contributed by atoms with Crippen LogP contribution in [-0.4, -0.2) is 36.6 Å². The SMILES string of the molecule is CCCNC1CCCC1CN1CC(C)CC1C. The zero-order valence-electron chi connectivity index (χ0n) is 11.9. The Morgan fingerprint density at radius 1 is 1.24 bits per heavy atom. The van der Waals surface area contributed by atoms with Crippen LogP contribution < -0.4 is 5.32 Å². The van der Waals surface area contributed by atoms with Gasteiger partial charge < -0.3 is 10.2 Å². The zero-order valence-corrected chi connectivity index (χ0v) is 11.9. The Morgan fingerprint density at radius 3 is 2.71 bits per heavy atom. The van der Waals surface area contributed by atoms with Crippen molar-refractivity contribution >= 4 is 0 Å². The van der Waals surface area contributed by atoms with E-state index in [1.807, 2.05) is 0 Å². The Hall–Kier alpha value is -0.0800. The second-order valence-electron chi connectivity index (χ2n) is 6.40. The number of nitrogens with zero attached hydrogens (tertiary/aromatic N) is 1. The van der Waals surface area contributed by atoms with E-state index in [0.29, 0.717) is 0 Å². The fourth-order valence-electron chi connectivity index (χ4n) is 3.80. The Kier molecular flexibility index (Phi) is 4.87. The van der Waals surface area contributed by atoms with Crippen LogP contribution in [0, 0.1) is 11.8 Å². The molecular formula is C15H30N2. The summed E-state index contributed by atoms with van der Waals surface area (Å²) in [4.78, 5) is 2.74. The molecule has 4 unspecified atom stereocenters. The van der Waals surface area contributed by atoms with Crippen LogP contribution in [0.2, 0.25) is 0 Å². The number of nitrogens with one attached hydrogen (secondary N) is 1. The maximum absolute atomic E-state index is 3.75. The van der Waals surface area contributed by atoms with Gasteiger partial charge in [0.05, 0.1) is 0 Å². The third-order valence-electron chi connectivity index (χ3n) is 4.70. The van der Waals surface area contributed by atoms with Crippen molar-refractivity contribution < 1.29 is 0 Å². The van der Waals surface area contributed by atoms with E-state index in [-0.39, 0.29) is 0 Å². The standard InChI is InChI=1S/C15H30N2/c1-4-8-16-15-7-5-6-14(15)11-17-10-12(2)9-13(17)3/h12-16H,4-11H2,1-3H3. The summed E-state index contributed by atoms with van der Waals surface area (Å²) in [5.74, 6) is 1.82. The van der Waals surface area contributed by atoms with E-state index in [9.17, 15) is 0 Å². The van der Waals surface area contributed by atoms with Gasteiger partial charge in [-0.2, -0.15) is 0 Å². The molecule has 2 heteroatoms. The molecule has 2 rings (SSSR count). The molecule has 0 amide bonds. The maximum atomic E-state index is 3.75. The highest BCUT2D eigenvalue weighted by Gasteiger charge is 2.32. The predicted molar refractivity (Wildman–Crippen MR) is 74.2 cm³/mol. The van der Waals surface area contributed by atoms with Crippen LogP contribution in [0.4, 0.5) is 0 Å². The maximum Gasteiger partial charge on any atom is 0.0107 e. The summed E-state index contributed by atoms with van der Waals surface area (Å²) in [7, 11) is 0. The van der Waals surface area contributed by atoms with Crippen LogP contribution in [-0.2, 0) is 0 Å². The molecule has 17 heavy (non-hydrogen) atoms. The van der Waals surface area contributed by atoms with Crippen molar-refractivity contribution in [2.75, 3.05) is 19.6 Å². The van der Waals surface area contributed by atoms with Crippen molar-refractivity contribution in [3.8, 4) is 0 Å². The van der Waals surface area contributed by atoms with Crippen molar-refractivity contribution in [2.45, 2.75) is 65.0 Å². The lowest BCUT2D eigenvalue weighted by molar-refractivity contribution is 0.206.